The van der Waals surface area contributed by atoms with Gasteiger partial charge < -0.3 is 4.42 Å². The number of hydrogen-bond donors (Lipinski definition) is 0. The van der Waals surface area contributed by atoms with Crippen molar-refractivity contribution in [2.75, 3.05) is 0 Å². The van der Waals surface area contributed by atoms with Crippen LogP contribution in [0.3, 0.4) is 0 Å². The lowest BCUT2D eigenvalue weighted by Gasteiger charge is -2.20. The van der Waals surface area contributed by atoms with Crippen LogP contribution in [-0.2, 0) is 0 Å². The Morgan fingerprint density at radius 1 is 0.255 bits per heavy atom. The average molecular weight is 649 g/mol. The van der Waals surface area contributed by atoms with Crippen molar-refractivity contribution >= 4 is 43.3 Å². The molecule has 0 fully saturated rings. The molecule has 0 aliphatic carbocycles. The van der Waals surface area contributed by atoms with Gasteiger partial charge in [0.25, 0.3) is 0 Å². The van der Waals surface area contributed by atoms with Gasteiger partial charge in [-0.2, -0.15) is 0 Å². The van der Waals surface area contributed by atoms with Crippen molar-refractivity contribution in [1.82, 2.24) is 0 Å². The normalized spacial score (nSPS) is 11.5. The van der Waals surface area contributed by atoms with Crippen LogP contribution in [0, 0.1) is 0 Å². The van der Waals surface area contributed by atoms with Gasteiger partial charge in [0.1, 0.15) is 11.3 Å². The number of rotatable bonds is 5. The van der Waals surface area contributed by atoms with Crippen molar-refractivity contribution in [2.24, 2.45) is 0 Å². The molecule has 9 aromatic carbocycles. The molecule has 0 atom stereocenters. The maximum Gasteiger partial charge on any atom is 0.143 e. The monoisotopic (exact) mass is 648 g/mol. The average Bonchev–Trinajstić information content (AvgIpc) is 3.60. The van der Waals surface area contributed by atoms with E-state index in [4.69, 9.17) is 4.42 Å². The van der Waals surface area contributed by atoms with Crippen molar-refractivity contribution in [2.45, 2.75) is 0 Å². The van der Waals surface area contributed by atoms with E-state index in [1.54, 1.807) is 0 Å². The number of benzene rings is 9. The standard InChI is InChI=1S/C50H32O/c1-4-16-33(17-5-1)36-28-29-42-45(32-36)47(34-18-6-2-7-19-34)39-24-12-13-25-40(39)49(42)41-30-31-43(38-23-11-10-22-37(38)41)50-48(35-20-8-3-9-21-35)44-26-14-15-27-46(44)51-50/h1-32H. The van der Waals surface area contributed by atoms with E-state index >= 15 is 0 Å². The van der Waals surface area contributed by atoms with Crippen molar-refractivity contribution in [3.05, 3.63) is 194 Å². The molecule has 51 heavy (non-hydrogen) atoms. The molecule has 238 valence electrons. The van der Waals surface area contributed by atoms with Gasteiger partial charge in [-0.05, 0) is 89.5 Å². The summed E-state index contributed by atoms with van der Waals surface area (Å²) < 4.78 is 6.75. The molecule has 0 saturated heterocycles. The Morgan fingerprint density at radius 2 is 0.725 bits per heavy atom. The topological polar surface area (TPSA) is 13.1 Å². The van der Waals surface area contributed by atoms with Crippen LogP contribution in [0.5, 0.6) is 0 Å². The summed E-state index contributed by atoms with van der Waals surface area (Å²) in [5.74, 6) is 0.895. The molecule has 1 nitrogen and oxygen atoms in total. The molecule has 1 heteroatoms. The van der Waals surface area contributed by atoms with Crippen molar-refractivity contribution in [3.8, 4) is 55.8 Å². The highest BCUT2D eigenvalue weighted by Crippen LogP contribution is 2.49. The zero-order valence-electron chi connectivity index (χ0n) is 27.9. The van der Waals surface area contributed by atoms with Gasteiger partial charge >= 0.3 is 0 Å². The highest BCUT2D eigenvalue weighted by molar-refractivity contribution is 6.24. The van der Waals surface area contributed by atoms with E-state index in [0.717, 1.165) is 38.8 Å². The van der Waals surface area contributed by atoms with Gasteiger partial charge in [-0.3, -0.25) is 0 Å². The molecule has 10 rings (SSSR count). The summed E-state index contributed by atoms with van der Waals surface area (Å²) in [6.45, 7) is 0. The number of hydrogen-bond acceptors (Lipinski definition) is 1. The molecule has 0 unspecified atom stereocenters. The SMILES string of the molecule is c1ccc(-c2ccc3c(-c4ccc(-c5oc6ccccc6c5-c5ccccc5)c5ccccc45)c4ccccc4c(-c4ccccc4)c3c2)cc1. The van der Waals surface area contributed by atoms with Gasteiger partial charge in [0.05, 0.1) is 0 Å². The fourth-order valence-electron chi connectivity index (χ4n) is 8.04. The van der Waals surface area contributed by atoms with Gasteiger partial charge in [-0.25, -0.2) is 0 Å². The minimum atomic E-state index is 0.891. The van der Waals surface area contributed by atoms with Crippen LogP contribution in [-0.4, -0.2) is 0 Å². The summed E-state index contributed by atoms with van der Waals surface area (Å²) in [5.41, 5.74) is 11.6. The number of fused-ring (bicyclic) bond motifs is 4. The van der Waals surface area contributed by atoms with Gasteiger partial charge in [0.2, 0.25) is 0 Å². The van der Waals surface area contributed by atoms with Gasteiger partial charge in [-0.1, -0.05) is 176 Å². The summed E-state index contributed by atoms with van der Waals surface area (Å²) in [5, 5.41) is 8.44. The van der Waals surface area contributed by atoms with Crippen LogP contribution in [0.25, 0.3) is 99.1 Å². The summed E-state index contributed by atoms with van der Waals surface area (Å²) in [7, 11) is 0. The summed E-state index contributed by atoms with van der Waals surface area (Å²) in [4.78, 5) is 0. The van der Waals surface area contributed by atoms with Crippen LogP contribution in [0.2, 0.25) is 0 Å². The largest absolute Gasteiger partial charge is 0.455 e. The van der Waals surface area contributed by atoms with Gasteiger partial charge in [0, 0.05) is 16.5 Å². The minimum Gasteiger partial charge on any atom is -0.455 e. The van der Waals surface area contributed by atoms with E-state index in [2.05, 4.69) is 188 Å². The highest BCUT2D eigenvalue weighted by atomic mass is 16.3. The van der Waals surface area contributed by atoms with Crippen LogP contribution >= 0.6 is 0 Å². The predicted molar refractivity (Wildman–Crippen MR) is 216 cm³/mol. The maximum absolute atomic E-state index is 6.75. The first-order valence-electron chi connectivity index (χ1n) is 17.5. The molecule has 0 aliphatic rings. The first kappa shape index (κ1) is 29.2. The zero-order chi connectivity index (χ0) is 33.7. The second-order valence-electron chi connectivity index (χ2n) is 13.2. The molecule has 0 aliphatic heterocycles. The Labute approximate surface area is 296 Å². The Balaban J connectivity index is 1.29. The lowest BCUT2D eigenvalue weighted by atomic mass is 9.83. The molecule has 0 N–H and O–H groups in total. The van der Waals surface area contributed by atoms with Crippen molar-refractivity contribution in [1.29, 1.82) is 0 Å². The lowest BCUT2D eigenvalue weighted by Crippen LogP contribution is -1.93. The molecule has 0 bridgehead atoms. The van der Waals surface area contributed by atoms with Gasteiger partial charge in [-0.15, -0.1) is 0 Å². The zero-order valence-corrected chi connectivity index (χ0v) is 27.9. The Hall–Kier alpha value is -6.70. The summed E-state index contributed by atoms with van der Waals surface area (Å²) in [6, 6.07) is 69.8. The predicted octanol–water partition coefficient (Wildman–Crippen LogP) is 14.2. The van der Waals surface area contributed by atoms with Crippen LogP contribution in [0.4, 0.5) is 0 Å². The van der Waals surface area contributed by atoms with E-state index in [1.165, 1.54) is 60.3 Å². The molecular weight excluding hydrogens is 617 g/mol. The molecule has 1 aromatic heterocycles. The first-order valence-corrected chi connectivity index (χ1v) is 17.5. The Bertz CT molecular complexity index is 2880. The Morgan fingerprint density at radius 3 is 1.39 bits per heavy atom. The third kappa shape index (κ3) is 4.78. The second kappa shape index (κ2) is 12.0. The van der Waals surface area contributed by atoms with Crippen molar-refractivity contribution in [3.63, 3.8) is 0 Å². The lowest BCUT2D eigenvalue weighted by molar-refractivity contribution is 0.633. The quantitative estimate of drug-likeness (QED) is 0.169. The fourth-order valence-corrected chi connectivity index (χ4v) is 8.04. The molecule has 1 heterocycles. The molecule has 10 aromatic rings. The summed E-state index contributed by atoms with van der Waals surface area (Å²) >= 11 is 0. The van der Waals surface area contributed by atoms with E-state index in [0.29, 0.717) is 0 Å². The van der Waals surface area contributed by atoms with E-state index in [-0.39, 0.29) is 0 Å². The number of furan rings is 1. The van der Waals surface area contributed by atoms with E-state index in [9.17, 15) is 0 Å². The molecule has 0 radical (unpaired) electrons. The van der Waals surface area contributed by atoms with E-state index < -0.39 is 0 Å². The molecule has 0 saturated carbocycles. The van der Waals surface area contributed by atoms with Crippen LogP contribution in [0.15, 0.2) is 199 Å². The third-order valence-electron chi connectivity index (χ3n) is 10.3. The first-order chi connectivity index (χ1) is 25.3. The Kier molecular flexibility index (Phi) is 6.89. The van der Waals surface area contributed by atoms with E-state index in [1.807, 2.05) is 6.07 Å². The third-order valence-corrected chi connectivity index (χ3v) is 10.3. The fraction of sp³-hybridized carbons (Fsp3) is 0. The number of para-hydroxylation sites is 1. The smallest absolute Gasteiger partial charge is 0.143 e. The van der Waals surface area contributed by atoms with Crippen LogP contribution < -0.4 is 0 Å². The maximum atomic E-state index is 6.75. The minimum absolute atomic E-state index is 0.891. The molecule has 0 amide bonds. The van der Waals surface area contributed by atoms with Crippen molar-refractivity contribution < 1.29 is 4.42 Å². The molecular formula is C50H32O. The summed E-state index contributed by atoms with van der Waals surface area (Å²) in [6.07, 6.45) is 0. The second-order valence-corrected chi connectivity index (χ2v) is 13.2. The highest BCUT2D eigenvalue weighted by Gasteiger charge is 2.23. The van der Waals surface area contributed by atoms with Crippen LogP contribution in [0.1, 0.15) is 0 Å². The van der Waals surface area contributed by atoms with Gasteiger partial charge in [0.15, 0.2) is 0 Å². The molecule has 0 spiro atoms.